The lowest BCUT2D eigenvalue weighted by atomic mass is 10.0. The molecule has 0 saturated carbocycles. The van der Waals surface area contributed by atoms with Crippen molar-refractivity contribution in [3.8, 4) is 0 Å². The van der Waals surface area contributed by atoms with Crippen LogP contribution in [0.5, 0.6) is 0 Å². The number of allylic oxidation sites excluding steroid dienone is 12. The molecule has 0 fully saturated rings. The maximum Gasteiger partial charge on any atom is 0.306 e. The molecule has 422 valence electrons. The van der Waals surface area contributed by atoms with Gasteiger partial charge in [0.15, 0.2) is 6.10 Å². The minimum Gasteiger partial charge on any atom is -0.462 e. The molecule has 6 heteroatoms. The second-order valence-corrected chi connectivity index (χ2v) is 21.1. The van der Waals surface area contributed by atoms with Gasteiger partial charge < -0.3 is 14.2 Å². The monoisotopic (exact) mass is 1020 g/mol. The number of carbonyl (C=O) groups excluding carboxylic acids is 3. The molecule has 0 aliphatic rings. The lowest BCUT2D eigenvalue weighted by Gasteiger charge is -2.18. The molecule has 0 aromatic rings. The molecule has 0 rings (SSSR count). The van der Waals surface area contributed by atoms with Gasteiger partial charge in [-0.05, 0) is 38.5 Å². The van der Waals surface area contributed by atoms with Crippen LogP contribution in [0.1, 0.15) is 316 Å². The van der Waals surface area contributed by atoms with Crippen molar-refractivity contribution in [1.82, 2.24) is 0 Å². The fourth-order valence-corrected chi connectivity index (χ4v) is 9.18. The first-order chi connectivity index (χ1) is 36.0. The highest BCUT2D eigenvalue weighted by Gasteiger charge is 2.19. The number of ether oxygens (including phenoxy) is 3. The molecule has 0 aromatic heterocycles. The smallest absolute Gasteiger partial charge is 0.306 e. The summed E-state index contributed by atoms with van der Waals surface area (Å²) in [6.45, 7) is 6.51. The summed E-state index contributed by atoms with van der Waals surface area (Å²) in [5.41, 5.74) is 0. The third-order valence-corrected chi connectivity index (χ3v) is 13.9. The zero-order chi connectivity index (χ0) is 52.9. The first-order valence-electron chi connectivity index (χ1n) is 31.5. The molecule has 0 aliphatic heterocycles. The minimum atomic E-state index is -0.792. The second-order valence-electron chi connectivity index (χ2n) is 21.1. The second kappa shape index (κ2) is 61.4. The average molecular weight is 1020 g/mol. The maximum atomic E-state index is 12.9. The van der Waals surface area contributed by atoms with Gasteiger partial charge in [0.2, 0.25) is 0 Å². The van der Waals surface area contributed by atoms with E-state index in [9.17, 15) is 14.4 Å². The number of hydrogen-bond acceptors (Lipinski definition) is 6. The van der Waals surface area contributed by atoms with E-state index >= 15 is 0 Å². The molecule has 1 unspecified atom stereocenters. The van der Waals surface area contributed by atoms with Gasteiger partial charge in [-0.25, -0.2) is 0 Å². The minimum absolute atomic E-state index is 0.0856. The SMILES string of the molecule is CC\C=C/C=C\C=C/C=C\C=C\C=C/CCCCCC(=O)OCC(COC(=O)CCCCCCCCCCCCCCCCCCCCC)OC(=O)CCCCCCCCCCCCCCCCCCCCC. The number of rotatable bonds is 57. The normalized spacial score (nSPS) is 12.5. The molecule has 0 spiro atoms. The summed E-state index contributed by atoms with van der Waals surface area (Å²) in [4.78, 5) is 38.3. The molecule has 0 amide bonds. The van der Waals surface area contributed by atoms with Crippen LogP contribution in [0, 0.1) is 0 Å². The van der Waals surface area contributed by atoms with Crippen LogP contribution in [0.2, 0.25) is 0 Å². The Morgan fingerprint density at radius 2 is 0.534 bits per heavy atom. The van der Waals surface area contributed by atoms with Crippen LogP contribution in [0.25, 0.3) is 0 Å². The summed E-state index contributed by atoms with van der Waals surface area (Å²) in [6, 6.07) is 0. The van der Waals surface area contributed by atoms with E-state index in [1.54, 1.807) is 0 Å². The van der Waals surface area contributed by atoms with Gasteiger partial charge in [-0.2, -0.15) is 0 Å². The zero-order valence-electron chi connectivity index (χ0n) is 48.4. The molecule has 1 atom stereocenters. The molecular weight excluding hydrogens is 901 g/mol. The summed E-state index contributed by atoms with van der Waals surface area (Å²) in [5, 5.41) is 0. The van der Waals surface area contributed by atoms with Crippen LogP contribution in [0.4, 0.5) is 0 Å². The number of esters is 3. The summed E-state index contributed by atoms with van der Waals surface area (Å²) in [6.07, 6.45) is 79.0. The van der Waals surface area contributed by atoms with Gasteiger partial charge in [-0.15, -0.1) is 0 Å². The van der Waals surface area contributed by atoms with Crippen molar-refractivity contribution in [3.63, 3.8) is 0 Å². The van der Waals surface area contributed by atoms with Crippen molar-refractivity contribution >= 4 is 17.9 Å². The maximum absolute atomic E-state index is 12.9. The fraction of sp³-hybridized carbons (Fsp3) is 0.776. The highest BCUT2D eigenvalue weighted by molar-refractivity contribution is 5.71. The number of carbonyl (C=O) groups is 3. The molecule has 0 N–H and O–H groups in total. The predicted octanol–water partition coefficient (Wildman–Crippen LogP) is 21.3. The largest absolute Gasteiger partial charge is 0.462 e. The quantitative estimate of drug-likeness (QED) is 0.0261. The highest BCUT2D eigenvalue weighted by atomic mass is 16.6. The Morgan fingerprint density at radius 1 is 0.288 bits per heavy atom. The van der Waals surface area contributed by atoms with E-state index in [1.165, 1.54) is 205 Å². The molecule has 0 bridgehead atoms. The lowest BCUT2D eigenvalue weighted by molar-refractivity contribution is -0.167. The van der Waals surface area contributed by atoms with Crippen molar-refractivity contribution in [2.45, 2.75) is 322 Å². The van der Waals surface area contributed by atoms with Crippen molar-refractivity contribution in [2.24, 2.45) is 0 Å². The van der Waals surface area contributed by atoms with Gasteiger partial charge >= 0.3 is 17.9 Å². The summed E-state index contributed by atoms with van der Waals surface area (Å²) in [5.74, 6) is -0.912. The van der Waals surface area contributed by atoms with Crippen molar-refractivity contribution < 1.29 is 28.6 Å². The highest BCUT2D eigenvalue weighted by Crippen LogP contribution is 2.18. The van der Waals surface area contributed by atoms with Crippen LogP contribution in [0.3, 0.4) is 0 Å². The van der Waals surface area contributed by atoms with E-state index in [0.717, 1.165) is 70.6 Å². The predicted molar refractivity (Wildman–Crippen MR) is 316 cm³/mol. The van der Waals surface area contributed by atoms with Gasteiger partial charge in [0.25, 0.3) is 0 Å². The van der Waals surface area contributed by atoms with E-state index < -0.39 is 6.10 Å². The molecule has 6 nitrogen and oxygen atoms in total. The molecule has 0 saturated heterocycles. The topological polar surface area (TPSA) is 78.9 Å². The molecule has 0 aromatic carbocycles. The standard InChI is InChI=1S/C67H118O6/c1-4-7-10-13-16-19-22-25-28-31-33-36-39-42-45-48-51-54-57-60-66(69)72-63-64(62-71-65(68)59-56-53-50-47-44-41-38-35-30-27-24-21-18-15-12-9-6-3)73-67(70)61-58-55-52-49-46-43-40-37-34-32-29-26-23-20-17-14-11-8-5-2/h9,12,15,18,21,24,27,30,35,38,41,44,64H,4-8,10-11,13-14,16-17,19-20,22-23,25-26,28-29,31-34,36-37,39-40,42-43,45-63H2,1-3H3/b12-9-,18-15-,24-21-,30-27-,38-35+,44-41-. The number of unbranched alkanes of at least 4 members (excludes halogenated alkanes) is 39. The third-order valence-electron chi connectivity index (χ3n) is 13.9. The average Bonchev–Trinajstić information content (AvgIpc) is 3.39. The first kappa shape index (κ1) is 69.8. The van der Waals surface area contributed by atoms with Crippen LogP contribution in [-0.2, 0) is 28.6 Å². The molecule has 0 heterocycles. The van der Waals surface area contributed by atoms with Crippen LogP contribution >= 0.6 is 0 Å². The summed E-state index contributed by atoms with van der Waals surface area (Å²) in [7, 11) is 0. The van der Waals surface area contributed by atoms with Crippen molar-refractivity contribution in [3.05, 3.63) is 72.9 Å². The lowest BCUT2D eigenvalue weighted by Crippen LogP contribution is -2.30. The van der Waals surface area contributed by atoms with Gasteiger partial charge in [-0.3, -0.25) is 14.4 Å². The zero-order valence-corrected chi connectivity index (χ0v) is 48.4. The van der Waals surface area contributed by atoms with Gasteiger partial charge in [0, 0.05) is 19.3 Å². The molecule has 0 radical (unpaired) electrons. The Morgan fingerprint density at radius 3 is 0.836 bits per heavy atom. The number of hydrogen-bond donors (Lipinski definition) is 0. The first-order valence-corrected chi connectivity index (χ1v) is 31.5. The van der Waals surface area contributed by atoms with E-state index in [4.69, 9.17) is 14.2 Å². The van der Waals surface area contributed by atoms with Crippen molar-refractivity contribution in [2.75, 3.05) is 13.2 Å². The van der Waals surface area contributed by atoms with E-state index in [-0.39, 0.29) is 31.1 Å². The molecular formula is C67H118O6. The van der Waals surface area contributed by atoms with E-state index in [1.807, 2.05) is 48.6 Å². The Balaban J connectivity index is 4.40. The van der Waals surface area contributed by atoms with Gasteiger partial charge in [0.1, 0.15) is 13.2 Å². The summed E-state index contributed by atoms with van der Waals surface area (Å²) >= 11 is 0. The van der Waals surface area contributed by atoms with Crippen molar-refractivity contribution in [1.29, 1.82) is 0 Å². The fourth-order valence-electron chi connectivity index (χ4n) is 9.18. The van der Waals surface area contributed by atoms with Crippen LogP contribution in [-0.4, -0.2) is 37.2 Å². The van der Waals surface area contributed by atoms with Crippen LogP contribution in [0.15, 0.2) is 72.9 Å². The van der Waals surface area contributed by atoms with E-state index in [0.29, 0.717) is 19.3 Å². The van der Waals surface area contributed by atoms with Gasteiger partial charge in [-0.1, -0.05) is 331 Å². The third kappa shape index (κ3) is 59.6. The Kier molecular flexibility index (Phi) is 58.7. The van der Waals surface area contributed by atoms with Gasteiger partial charge in [0.05, 0.1) is 0 Å². The Bertz CT molecular complexity index is 1360. The van der Waals surface area contributed by atoms with Crippen LogP contribution < -0.4 is 0 Å². The Hall–Kier alpha value is -3.15. The molecule has 73 heavy (non-hydrogen) atoms. The molecule has 0 aliphatic carbocycles. The van der Waals surface area contributed by atoms with E-state index in [2.05, 4.69) is 45.1 Å². The Labute approximate surface area is 453 Å². The summed E-state index contributed by atoms with van der Waals surface area (Å²) < 4.78 is 16.9.